The Balaban J connectivity index is 1.66. The Hall–Kier alpha value is -4.44. The maximum absolute atomic E-state index is 13.3. The van der Waals surface area contributed by atoms with Gasteiger partial charge in [-0.25, -0.2) is 9.78 Å². The van der Waals surface area contributed by atoms with Crippen molar-refractivity contribution in [2.24, 2.45) is 0 Å². The standard InChI is InChI=1S/C26H26FN5O6S/c1-4-12-29(24(33)18-7-9-20(10-8-18)39(27,36)37)14-6-15-31-23-22(25(34)32(13-5-2)26(31)35)30-16-11-19(38-3)17-21(30)28-23/h1,7-11,16-17H,5-6,12-15H2,2-3H3. The number of fused-ring (bicyclic) bond motifs is 3. The molecule has 1 aromatic carbocycles. The number of imidazole rings is 1. The van der Waals surface area contributed by atoms with Gasteiger partial charge in [0.25, 0.3) is 11.5 Å². The number of amides is 1. The lowest BCUT2D eigenvalue weighted by Gasteiger charge is -2.21. The van der Waals surface area contributed by atoms with Gasteiger partial charge in [-0.15, -0.1) is 10.3 Å². The van der Waals surface area contributed by atoms with Crippen LogP contribution in [0.1, 0.15) is 30.1 Å². The Bertz CT molecular complexity index is 1820. The van der Waals surface area contributed by atoms with Gasteiger partial charge >= 0.3 is 15.9 Å². The highest BCUT2D eigenvalue weighted by molar-refractivity contribution is 7.86. The Kier molecular flexibility index (Phi) is 7.87. The predicted molar refractivity (Wildman–Crippen MR) is 142 cm³/mol. The van der Waals surface area contributed by atoms with E-state index in [0.717, 1.165) is 12.1 Å². The van der Waals surface area contributed by atoms with Crippen LogP contribution in [0.5, 0.6) is 5.75 Å². The van der Waals surface area contributed by atoms with Crippen molar-refractivity contribution in [2.75, 3.05) is 20.2 Å². The van der Waals surface area contributed by atoms with Gasteiger partial charge < -0.3 is 9.64 Å². The highest BCUT2D eigenvalue weighted by atomic mass is 32.3. The minimum Gasteiger partial charge on any atom is -0.497 e. The van der Waals surface area contributed by atoms with Crippen LogP contribution in [-0.4, -0.2) is 57.9 Å². The number of hydrogen-bond acceptors (Lipinski definition) is 7. The zero-order valence-corrected chi connectivity index (χ0v) is 22.1. The number of carbonyl (C=O) groups excluding carboxylic acids is 1. The summed E-state index contributed by atoms with van der Waals surface area (Å²) in [7, 11) is -3.38. The molecule has 39 heavy (non-hydrogen) atoms. The van der Waals surface area contributed by atoms with Gasteiger partial charge in [0.15, 0.2) is 11.2 Å². The molecular weight excluding hydrogens is 529 g/mol. The molecule has 3 aromatic heterocycles. The minimum atomic E-state index is -4.90. The second kappa shape index (κ2) is 11.1. The lowest BCUT2D eigenvalue weighted by Crippen LogP contribution is -2.41. The number of pyridine rings is 1. The molecule has 0 aliphatic heterocycles. The molecule has 0 atom stereocenters. The lowest BCUT2D eigenvalue weighted by atomic mass is 10.2. The summed E-state index contributed by atoms with van der Waals surface area (Å²) in [6, 6.07) is 7.76. The van der Waals surface area contributed by atoms with Gasteiger partial charge in [0, 0.05) is 37.5 Å². The van der Waals surface area contributed by atoms with E-state index in [1.165, 1.54) is 33.3 Å². The molecule has 4 rings (SSSR count). The van der Waals surface area contributed by atoms with E-state index in [2.05, 4.69) is 10.9 Å². The second-order valence-corrected chi connectivity index (χ2v) is 10.1. The fourth-order valence-electron chi connectivity index (χ4n) is 4.33. The minimum absolute atomic E-state index is 0.0458. The third-order valence-electron chi connectivity index (χ3n) is 6.19. The second-order valence-electron chi connectivity index (χ2n) is 8.72. The smallest absolute Gasteiger partial charge is 0.332 e. The average molecular weight is 556 g/mol. The third-order valence-corrected chi connectivity index (χ3v) is 7.02. The van der Waals surface area contributed by atoms with Crippen LogP contribution in [0.15, 0.2) is 57.1 Å². The molecule has 0 unspecified atom stereocenters. The monoisotopic (exact) mass is 555 g/mol. The van der Waals surface area contributed by atoms with Crippen LogP contribution in [0.25, 0.3) is 16.8 Å². The largest absolute Gasteiger partial charge is 0.497 e. The highest BCUT2D eigenvalue weighted by Gasteiger charge is 2.21. The summed E-state index contributed by atoms with van der Waals surface area (Å²) < 4.78 is 44.8. The number of terminal acetylenes is 1. The van der Waals surface area contributed by atoms with Gasteiger partial charge in [-0.3, -0.25) is 23.1 Å². The SMILES string of the molecule is C#CCN(CCCn1c(=O)n(CCC)c(=O)c2c1nc1cc(OC)ccn12)C(=O)c1ccc(S(=O)(=O)F)cc1. The van der Waals surface area contributed by atoms with E-state index in [9.17, 15) is 26.7 Å². The van der Waals surface area contributed by atoms with Gasteiger partial charge in [-0.2, -0.15) is 8.42 Å². The van der Waals surface area contributed by atoms with Crippen molar-refractivity contribution in [3.05, 3.63) is 69.0 Å². The summed E-state index contributed by atoms with van der Waals surface area (Å²) in [5, 5.41) is 0. The number of aryl methyl sites for hydroxylation is 1. The quantitative estimate of drug-likeness (QED) is 0.217. The molecule has 0 aliphatic rings. The van der Waals surface area contributed by atoms with Crippen molar-refractivity contribution < 1.29 is 21.8 Å². The summed E-state index contributed by atoms with van der Waals surface area (Å²) >= 11 is 0. The normalized spacial score (nSPS) is 11.5. The molecule has 0 saturated heterocycles. The van der Waals surface area contributed by atoms with Crippen LogP contribution in [0, 0.1) is 12.3 Å². The van der Waals surface area contributed by atoms with Gasteiger partial charge in [-0.1, -0.05) is 12.8 Å². The molecule has 13 heteroatoms. The number of methoxy groups -OCH3 is 1. The molecular formula is C26H26FN5O6S. The summed E-state index contributed by atoms with van der Waals surface area (Å²) in [4.78, 5) is 44.9. The van der Waals surface area contributed by atoms with Crippen molar-refractivity contribution in [3.63, 3.8) is 0 Å². The molecule has 0 aliphatic carbocycles. The highest BCUT2D eigenvalue weighted by Crippen LogP contribution is 2.19. The molecule has 0 radical (unpaired) electrons. The Morgan fingerprint density at radius 1 is 1.15 bits per heavy atom. The fourth-order valence-corrected chi connectivity index (χ4v) is 4.79. The number of nitrogens with zero attached hydrogens (tertiary/aromatic N) is 5. The van der Waals surface area contributed by atoms with E-state index in [1.54, 1.807) is 22.7 Å². The van der Waals surface area contributed by atoms with Crippen molar-refractivity contribution >= 4 is 32.9 Å². The number of hydrogen-bond donors (Lipinski definition) is 0. The maximum atomic E-state index is 13.3. The topological polar surface area (TPSA) is 125 Å². The molecule has 204 valence electrons. The van der Waals surface area contributed by atoms with Crippen LogP contribution in [-0.2, 0) is 23.3 Å². The third kappa shape index (κ3) is 5.42. The number of carbonyl (C=O) groups is 1. The molecule has 0 saturated carbocycles. The van der Waals surface area contributed by atoms with E-state index >= 15 is 0 Å². The van der Waals surface area contributed by atoms with Crippen LogP contribution in [0.2, 0.25) is 0 Å². The first-order valence-electron chi connectivity index (χ1n) is 12.1. The van der Waals surface area contributed by atoms with E-state index in [1.807, 2.05) is 6.92 Å². The van der Waals surface area contributed by atoms with Gasteiger partial charge in [0.1, 0.15) is 11.4 Å². The van der Waals surface area contributed by atoms with Crippen LogP contribution >= 0.6 is 0 Å². The number of ether oxygens (including phenoxy) is 1. The van der Waals surface area contributed by atoms with Gasteiger partial charge in [0.2, 0.25) is 0 Å². The zero-order valence-electron chi connectivity index (χ0n) is 21.3. The fraction of sp³-hybridized carbons (Fsp3) is 0.308. The van der Waals surface area contributed by atoms with Crippen molar-refractivity contribution in [2.45, 2.75) is 37.8 Å². The Morgan fingerprint density at radius 3 is 2.49 bits per heavy atom. The molecule has 0 N–H and O–H groups in total. The van der Waals surface area contributed by atoms with Crippen molar-refractivity contribution in [1.82, 2.24) is 23.4 Å². The Labute approximate surface area is 223 Å². The van der Waals surface area contributed by atoms with E-state index in [0.29, 0.717) is 24.2 Å². The average Bonchev–Trinajstić information content (AvgIpc) is 3.30. The number of aromatic nitrogens is 4. The first-order chi connectivity index (χ1) is 18.6. The first kappa shape index (κ1) is 27.6. The zero-order chi connectivity index (χ0) is 28.3. The summed E-state index contributed by atoms with van der Waals surface area (Å²) in [5.41, 5.74) is 0.0644. The van der Waals surface area contributed by atoms with Crippen LogP contribution < -0.4 is 16.0 Å². The molecule has 0 spiro atoms. The summed E-state index contributed by atoms with van der Waals surface area (Å²) in [5.74, 6) is 2.47. The number of rotatable bonds is 10. The molecule has 3 heterocycles. The maximum Gasteiger partial charge on any atom is 0.332 e. The predicted octanol–water partition coefficient (Wildman–Crippen LogP) is 2.05. The van der Waals surface area contributed by atoms with Gasteiger partial charge in [0.05, 0.1) is 18.6 Å². The molecule has 11 nitrogen and oxygen atoms in total. The number of benzene rings is 1. The lowest BCUT2D eigenvalue weighted by molar-refractivity contribution is 0.0773. The van der Waals surface area contributed by atoms with Crippen LogP contribution in [0.3, 0.4) is 0 Å². The molecule has 0 fully saturated rings. The summed E-state index contributed by atoms with van der Waals surface area (Å²) in [6.07, 6.45) is 7.97. The summed E-state index contributed by atoms with van der Waals surface area (Å²) in [6.45, 7) is 2.32. The number of halogens is 1. The van der Waals surface area contributed by atoms with E-state index < -0.39 is 32.3 Å². The molecule has 0 bridgehead atoms. The van der Waals surface area contributed by atoms with Crippen molar-refractivity contribution in [3.8, 4) is 18.1 Å². The Morgan fingerprint density at radius 2 is 1.87 bits per heavy atom. The van der Waals surface area contributed by atoms with Gasteiger partial charge in [-0.05, 0) is 43.2 Å². The molecule has 1 amide bonds. The molecule has 4 aromatic rings. The van der Waals surface area contributed by atoms with Crippen molar-refractivity contribution in [1.29, 1.82) is 0 Å². The first-order valence-corrected chi connectivity index (χ1v) is 13.5. The van der Waals surface area contributed by atoms with Crippen LogP contribution in [0.4, 0.5) is 3.89 Å². The van der Waals surface area contributed by atoms with E-state index in [4.69, 9.17) is 11.2 Å². The van der Waals surface area contributed by atoms with E-state index in [-0.39, 0.29) is 42.9 Å².